The molecule has 0 aliphatic carbocycles. The molecule has 2 N–H and O–H groups in total. The summed E-state index contributed by atoms with van der Waals surface area (Å²) in [5, 5.41) is 4.15. The summed E-state index contributed by atoms with van der Waals surface area (Å²) >= 11 is 0. The third-order valence-corrected chi connectivity index (χ3v) is 5.94. The maximum absolute atomic E-state index is 13.0. The highest BCUT2D eigenvalue weighted by Crippen LogP contribution is 2.27. The molecular weight excluding hydrogens is 381 g/mol. The van der Waals surface area contributed by atoms with E-state index in [9.17, 15) is 27.2 Å². The van der Waals surface area contributed by atoms with Crippen LogP contribution >= 0.6 is 0 Å². The van der Waals surface area contributed by atoms with Gasteiger partial charge in [0.05, 0.1) is 4.90 Å². The average molecular weight is 401 g/mol. The van der Waals surface area contributed by atoms with E-state index in [1.165, 1.54) is 14.0 Å². The van der Waals surface area contributed by atoms with Crippen LogP contribution in [0.2, 0.25) is 0 Å². The van der Waals surface area contributed by atoms with Crippen molar-refractivity contribution in [3.8, 4) is 0 Å². The highest BCUT2D eigenvalue weighted by molar-refractivity contribution is 7.89. The molecule has 2 atom stereocenters. The lowest BCUT2D eigenvalue weighted by Crippen LogP contribution is -2.46. The van der Waals surface area contributed by atoms with E-state index in [4.69, 9.17) is 4.74 Å². The molecule has 0 aromatic heterocycles. The first kappa shape index (κ1) is 20.8. The number of rotatable bonds is 5. The Bertz CT molecular complexity index is 827. The van der Waals surface area contributed by atoms with Gasteiger partial charge < -0.3 is 10.1 Å². The molecule has 1 aromatic rings. The molecule has 1 saturated heterocycles. The maximum Gasteiger partial charge on any atom is 0.325 e. The summed E-state index contributed by atoms with van der Waals surface area (Å²) in [5.41, 5.74) is 0. The molecule has 1 aromatic carbocycles. The lowest BCUT2D eigenvalue weighted by atomic mass is 10.2. The monoisotopic (exact) mass is 401 g/mol. The number of nitrogens with zero attached hydrogens (tertiary/aromatic N) is 1. The minimum Gasteiger partial charge on any atom is -0.451 e. The zero-order valence-corrected chi connectivity index (χ0v) is 15.6. The van der Waals surface area contributed by atoms with Gasteiger partial charge >= 0.3 is 12.0 Å². The number of esters is 1. The Kier molecular flexibility index (Phi) is 6.50. The highest BCUT2D eigenvalue weighted by atomic mass is 32.2. The summed E-state index contributed by atoms with van der Waals surface area (Å²) in [6.07, 6.45) is -0.632. The standard InChI is InChI=1S/C16H20FN3O6S/c1-10(14(21)19-16(23)18-2)26-15(22)13-4-3-9-20(13)27(24,25)12-7-5-11(17)6-8-12/h5-8,10,13H,3-4,9H2,1-2H3,(H2,18,19,21,23)/t10-,13-/m0/s1. The molecule has 148 valence electrons. The van der Waals surface area contributed by atoms with E-state index in [-0.39, 0.29) is 17.9 Å². The topological polar surface area (TPSA) is 122 Å². The SMILES string of the molecule is CNC(=O)NC(=O)[C@H](C)OC(=O)[C@@H]1CCCN1S(=O)(=O)c1ccc(F)cc1. The highest BCUT2D eigenvalue weighted by Gasteiger charge is 2.41. The van der Waals surface area contributed by atoms with Gasteiger partial charge in [0.2, 0.25) is 10.0 Å². The number of ether oxygens (including phenoxy) is 1. The summed E-state index contributed by atoms with van der Waals surface area (Å²) in [7, 11) is -2.71. The molecule has 1 heterocycles. The Morgan fingerprint density at radius 2 is 1.89 bits per heavy atom. The van der Waals surface area contributed by atoms with Gasteiger partial charge in [-0.25, -0.2) is 17.6 Å². The van der Waals surface area contributed by atoms with Crippen LogP contribution in [0.1, 0.15) is 19.8 Å². The Morgan fingerprint density at radius 3 is 2.48 bits per heavy atom. The molecule has 0 unspecified atom stereocenters. The van der Waals surface area contributed by atoms with Crippen molar-refractivity contribution in [1.82, 2.24) is 14.9 Å². The minimum absolute atomic E-state index is 0.0955. The quantitative estimate of drug-likeness (QED) is 0.688. The van der Waals surface area contributed by atoms with Gasteiger partial charge in [0.25, 0.3) is 5.91 Å². The van der Waals surface area contributed by atoms with Crippen molar-refractivity contribution < 1.29 is 31.9 Å². The van der Waals surface area contributed by atoms with Crippen LogP contribution in [0.3, 0.4) is 0 Å². The predicted octanol–water partition coefficient (Wildman–Crippen LogP) is 0.366. The number of sulfonamides is 1. The van der Waals surface area contributed by atoms with Crippen LogP contribution in [0.4, 0.5) is 9.18 Å². The zero-order valence-electron chi connectivity index (χ0n) is 14.8. The predicted molar refractivity (Wildman–Crippen MR) is 91.5 cm³/mol. The van der Waals surface area contributed by atoms with E-state index in [0.717, 1.165) is 28.6 Å². The van der Waals surface area contributed by atoms with Gasteiger partial charge in [-0.1, -0.05) is 0 Å². The van der Waals surface area contributed by atoms with Gasteiger partial charge in [-0.15, -0.1) is 0 Å². The molecule has 3 amide bonds. The summed E-state index contributed by atoms with van der Waals surface area (Å²) in [5.74, 6) is -2.31. The van der Waals surface area contributed by atoms with Crippen LogP contribution in [0.5, 0.6) is 0 Å². The molecule has 2 rings (SSSR count). The number of benzene rings is 1. The first-order chi connectivity index (χ1) is 12.7. The van der Waals surface area contributed by atoms with Crippen LogP contribution in [-0.4, -0.2) is 56.4 Å². The van der Waals surface area contributed by atoms with Gasteiger partial charge in [-0.2, -0.15) is 4.31 Å². The number of carbonyl (C=O) groups excluding carboxylic acids is 3. The van der Waals surface area contributed by atoms with E-state index in [1.807, 2.05) is 5.32 Å². The number of hydrogen-bond donors (Lipinski definition) is 2. The third kappa shape index (κ3) is 4.80. The van der Waals surface area contributed by atoms with Crippen molar-refractivity contribution in [3.05, 3.63) is 30.1 Å². The van der Waals surface area contributed by atoms with Gasteiger partial charge in [0.1, 0.15) is 11.9 Å². The molecule has 0 radical (unpaired) electrons. The van der Waals surface area contributed by atoms with Crippen LogP contribution in [0.15, 0.2) is 29.2 Å². The Balaban J connectivity index is 2.10. The van der Waals surface area contributed by atoms with Gasteiger partial charge in [-0.3, -0.25) is 14.9 Å². The molecule has 0 spiro atoms. The second-order valence-electron chi connectivity index (χ2n) is 5.88. The Labute approximate surface area is 155 Å². The summed E-state index contributed by atoms with van der Waals surface area (Å²) in [6.45, 7) is 1.36. The third-order valence-electron chi connectivity index (χ3n) is 4.02. The van der Waals surface area contributed by atoms with Crippen molar-refractivity contribution in [3.63, 3.8) is 0 Å². The first-order valence-electron chi connectivity index (χ1n) is 8.17. The number of carbonyl (C=O) groups is 3. The van der Waals surface area contributed by atoms with E-state index < -0.39 is 45.9 Å². The van der Waals surface area contributed by atoms with E-state index in [1.54, 1.807) is 0 Å². The van der Waals surface area contributed by atoms with Gasteiger partial charge in [0.15, 0.2) is 6.10 Å². The lowest BCUT2D eigenvalue weighted by Gasteiger charge is -2.24. The smallest absolute Gasteiger partial charge is 0.325 e. The van der Waals surface area contributed by atoms with Crippen LogP contribution < -0.4 is 10.6 Å². The fraction of sp³-hybridized carbons (Fsp3) is 0.438. The molecule has 27 heavy (non-hydrogen) atoms. The molecule has 1 fully saturated rings. The second-order valence-corrected chi connectivity index (χ2v) is 7.77. The molecule has 0 saturated carbocycles. The molecule has 11 heteroatoms. The van der Waals surface area contributed by atoms with Crippen molar-refractivity contribution in [2.75, 3.05) is 13.6 Å². The summed E-state index contributed by atoms with van der Waals surface area (Å²) < 4.78 is 44.5. The molecule has 0 bridgehead atoms. The average Bonchev–Trinajstić information content (AvgIpc) is 3.12. The normalized spacial score (nSPS) is 18.6. The van der Waals surface area contributed by atoms with Crippen molar-refractivity contribution in [1.29, 1.82) is 0 Å². The van der Waals surface area contributed by atoms with E-state index in [0.29, 0.717) is 6.42 Å². The number of imide groups is 1. The number of amides is 3. The number of nitrogens with one attached hydrogen (secondary N) is 2. The number of halogens is 1. The van der Waals surface area contributed by atoms with E-state index >= 15 is 0 Å². The molecular formula is C16H20FN3O6S. The maximum atomic E-state index is 13.0. The number of urea groups is 1. The fourth-order valence-corrected chi connectivity index (χ4v) is 4.23. The van der Waals surface area contributed by atoms with Crippen molar-refractivity contribution in [2.24, 2.45) is 0 Å². The number of hydrogen-bond acceptors (Lipinski definition) is 6. The minimum atomic E-state index is -4.03. The molecule has 1 aliphatic rings. The van der Waals surface area contributed by atoms with Gasteiger partial charge in [0, 0.05) is 13.6 Å². The molecule has 9 nitrogen and oxygen atoms in total. The van der Waals surface area contributed by atoms with Crippen LogP contribution in [-0.2, 0) is 24.3 Å². The Hall–Kier alpha value is -2.53. The van der Waals surface area contributed by atoms with Crippen molar-refractivity contribution in [2.45, 2.75) is 36.8 Å². The Morgan fingerprint density at radius 1 is 1.26 bits per heavy atom. The first-order valence-corrected chi connectivity index (χ1v) is 9.61. The fourth-order valence-electron chi connectivity index (χ4n) is 2.59. The lowest BCUT2D eigenvalue weighted by molar-refractivity contribution is -0.157. The van der Waals surface area contributed by atoms with Crippen molar-refractivity contribution >= 4 is 27.9 Å². The van der Waals surface area contributed by atoms with Crippen LogP contribution in [0.25, 0.3) is 0 Å². The zero-order chi connectivity index (χ0) is 20.2. The summed E-state index contributed by atoms with van der Waals surface area (Å²) in [6, 6.07) is 2.40. The van der Waals surface area contributed by atoms with Crippen LogP contribution in [0, 0.1) is 5.82 Å². The van der Waals surface area contributed by atoms with Gasteiger partial charge in [-0.05, 0) is 44.0 Å². The molecule has 1 aliphatic heterocycles. The second kappa shape index (κ2) is 8.44. The van der Waals surface area contributed by atoms with E-state index in [2.05, 4.69) is 5.32 Å². The largest absolute Gasteiger partial charge is 0.451 e. The summed E-state index contributed by atoms with van der Waals surface area (Å²) in [4.78, 5) is 35.2.